The number of ether oxygens (including phenoxy) is 1. The maximum Gasteiger partial charge on any atom is 0.375 e. The van der Waals surface area contributed by atoms with Crippen LogP contribution in [0.1, 0.15) is 23.0 Å². The molecule has 0 aliphatic rings. The lowest BCUT2D eigenvalue weighted by Crippen LogP contribution is -2.36. The Bertz CT molecular complexity index is 837. The van der Waals surface area contributed by atoms with Crippen molar-refractivity contribution in [2.24, 2.45) is 0 Å². The topological polar surface area (TPSA) is 68.5 Å². The van der Waals surface area contributed by atoms with Crippen molar-refractivity contribution in [1.82, 2.24) is 5.32 Å². The molecule has 0 aliphatic heterocycles. The van der Waals surface area contributed by atoms with Crippen LogP contribution in [0.4, 0.5) is 0 Å². The van der Waals surface area contributed by atoms with E-state index in [-0.39, 0.29) is 11.7 Å². The van der Waals surface area contributed by atoms with Gasteiger partial charge in [-0.1, -0.05) is 48.5 Å². The molecule has 0 unspecified atom stereocenters. The summed E-state index contributed by atoms with van der Waals surface area (Å²) in [5.41, 5.74) is 1.74. The third-order valence-electron chi connectivity index (χ3n) is 3.84. The fourth-order valence-corrected chi connectivity index (χ4v) is 2.47. The first-order valence-corrected chi connectivity index (χ1v) is 8.14. The first-order valence-electron chi connectivity index (χ1n) is 8.14. The molecule has 3 rings (SSSR count). The van der Waals surface area contributed by atoms with Crippen LogP contribution in [0.15, 0.2) is 65.1 Å². The molecule has 0 aliphatic carbocycles. The third kappa shape index (κ3) is 4.26. The van der Waals surface area contributed by atoms with Crippen LogP contribution in [0.3, 0.4) is 0 Å². The Morgan fingerprint density at radius 2 is 1.80 bits per heavy atom. The highest BCUT2D eigenvalue weighted by atomic mass is 16.6. The summed E-state index contributed by atoms with van der Waals surface area (Å²) in [6.07, 6.45) is -0.173. The second kappa shape index (κ2) is 7.66. The van der Waals surface area contributed by atoms with E-state index in [0.29, 0.717) is 12.1 Å². The minimum Gasteiger partial charge on any atom is -0.449 e. The Balaban J connectivity index is 1.51. The summed E-state index contributed by atoms with van der Waals surface area (Å²) in [6, 6.07) is 18.7. The molecular weight excluding hydrogens is 318 g/mol. The average Bonchev–Trinajstić information content (AvgIpc) is 3.07. The lowest BCUT2D eigenvalue weighted by atomic mass is 10.1. The molecule has 1 atom stereocenters. The van der Waals surface area contributed by atoms with E-state index in [1.165, 1.54) is 0 Å². The van der Waals surface area contributed by atoms with Gasteiger partial charge in [0.15, 0.2) is 6.10 Å². The number of esters is 1. The van der Waals surface area contributed by atoms with Gasteiger partial charge in [-0.2, -0.15) is 0 Å². The third-order valence-corrected chi connectivity index (χ3v) is 3.84. The number of nitrogens with one attached hydrogen (secondary N) is 1. The number of rotatable bonds is 6. The molecule has 3 aromatic rings. The average molecular weight is 337 g/mol. The first kappa shape index (κ1) is 16.8. The standard InChI is InChI=1S/C20H19NO4/c1-14(19(22)21-12-11-15-7-3-2-4-8-15)24-20(23)18-13-16-9-5-6-10-17(16)25-18/h2-10,13-14H,11-12H2,1H3,(H,21,22)/t14-/m1/s1. The molecule has 0 bridgehead atoms. The Kier molecular flexibility index (Phi) is 5.14. The van der Waals surface area contributed by atoms with Crippen LogP contribution in [0.25, 0.3) is 11.0 Å². The van der Waals surface area contributed by atoms with Crippen LogP contribution in [-0.4, -0.2) is 24.5 Å². The van der Waals surface area contributed by atoms with E-state index >= 15 is 0 Å². The SMILES string of the molecule is C[C@@H](OC(=O)c1cc2ccccc2o1)C(=O)NCCc1ccccc1. The van der Waals surface area contributed by atoms with Gasteiger partial charge in [-0.05, 0) is 31.0 Å². The van der Waals surface area contributed by atoms with E-state index in [2.05, 4.69) is 5.32 Å². The molecule has 2 aromatic carbocycles. The fraction of sp³-hybridized carbons (Fsp3) is 0.200. The summed E-state index contributed by atoms with van der Waals surface area (Å²) >= 11 is 0. The molecule has 0 spiro atoms. The number of furan rings is 1. The molecule has 1 heterocycles. The maximum absolute atomic E-state index is 12.1. The van der Waals surface area contributed by atoms with Gasteiger partial charge in [0.05, 0.1) is 0 Å². The number of hydrogen-bond donors (Lipinski definition) is 1. The van der Waals surface area contributed by atoms with Crippen molar-refractivity contribution in [1.29, 1.82) is 0 Å². The van der Waals surface area contributed by atoms with Crippen LogP contribution in [0.2, 0.25) is 0 Å². The van der Waals surface area contributed by atoms with Gasteiger partial charge in [-0.3, -0.25) is 4.79 Å². The predicted molar refractivity (Wildman–Crippen MR) is 94.2 cm³/mol. The first-order chi connectivity index (χ1) is 12.1. The van der Waals surface area contributed by atoms with Gasteiger partial charge in [-0.15, -0.1) is 0 Å². The van der Waals surface area contributed by atoms with Gasteiger partial charge in [0.2, 0.25) is 5.76 Å². The summed E-state index contributed by atoms with van der Waals surface area (Å²) in [7, 11) is 0. The van der Waals surface area contributed by atoms with E-state index in [0.717, 1.165) is 17.4 Å². The van der Waals surface area contributed by atoms with Gasteiger partial charge >= 0.3 is 5.97 Å². The molecule has 0 fully saturated rings. The normalized spacial score (nSPS) is 11.9. The number of benzene rings is 2. The fourth-order valence-electron chi connectivity index (χ4n) is 2.47. The molecule has 0 radical (unpaired) electrons. The molecule has 5 nitrogen and oxygen atoms in total. The Morgan fingerprint density at radius 3 is 2.56 bits per heavy atom. The predicted octanol–water partition coefficient (Wildman–Crippen LogP) is 3.34. The number of amides is 1. The number of hydrogen-bond acceptors (Lipinski definition) is 4. The van der Waals surface area contributed by atoms with Crippen LogP contribution in [0, 0.1) is 0 Å². The molecule has 25 heavy (non-hydrogen) atoms. The Hall–Kier alpha value is -3.08. The molecule has 5 heteroatoms. The molecule has 0 saturated heterocycles. The quantitative estimate of drug-likeness (QED) is 0.701. The van der Waals surface area contributed by atoms with Crippen molar-refractivity contribution in [3.63, 3.8) is 0 Å². The van der Waals surface area contributed by atoms with Crippen molar-refractivity contribution in [2.75, 3.05) is 6.54 Å². The largest absolute Gasteiger partial charge is 0.449 e. The van der Waals surface area contributed by atoms with E-state index in [4.69, 9.17) is 9.15 Å². The second-order valence-corrected chi connectivity index (χ2v) is 5.72. The van der Waals surface area contributed by atoms with E-state index in [1.807, 2.05) is 48.5 Å². The van der Waals surface area contributed by atoms with Gasteiger partial charge in [0.25, 0.3) is 5.91 Å². The monoisotopic (exact) mass is 337 g/mol. The van der Waals surface area contributed by atoms with Crippen molar-refractivity contribution >= 4 is 22.8 Å². The molecular formula is C20H19NO4. The second-order valence-electron chi connectivity index (χ2n) is 5.72. The van der Waals surface area contributed by atoms with E-state index < -0.39 is 12.1 Å². The van der Waals surface area contributed by atoms with E-state index in [9.17, 15) is 9.59 Å². The summed E-state index contributed by atoms with van der Waals surface area (Å²) in [4.78, 5) is 24.2. The van der Waals surface area contributed by atoms with Crippen molar-refractivity contribution in [3.05, 3.63) is 72.0 Å². The van der Waals surface area contributed by atoms with Crippen LogP contribution in [-0.2, 0) is 16.0 Å². The highest BCUT2D eigenvalue weighted by molar-refractivity contribution is 5.94. The molecule has 1 N–H and O–H groups in total. The van der Waals surface area contributed by atoms with Gasteiger partial charge in [0.1, 0.15) is 5.58 Å². The number of para-hydroxylation sites is 1. The summed E-state index contributed by atoms with van der Waals surface area (Å²) in [5, 5.41) is 3.58. The summed E-state index contributed by atoms with van der Waals surface area (Å²) in [5.74, 6) is -0.896. The van der Waals surface area contributed by atoms with Crippen LogP contribution < -0.4 is 5.32 Å². The minimum absolute atomic E-state index is 0.0881. The minimum atomic E-state index is -0.892. The summed E-state index contributed by atoms with van der Waals surface area (Å²) < 4.78 is 10.6. The van der Waals surface area contributed by atoms with Crippen LogP contribution in [0.5, 0.6) is 0 Å². The zero-order valence-electron chi connectivity index (χ0n) is 13.9. The van der Waals surface area contributed by atoms with Crippen molar-refractivity contribution < 1.29 is 18.7 Å². The highest BCUT2D eigenvalue weighted by Gasteiger charge is 2.21. The zero-order chi connectivity index (χ0) is 17.6. The van der Waals surface area contributed by atoms with Crippen molar-refractivity contribution in [2.45, 2.75) is 19.4 Å². The van der Waals surface area contributed by atoms with Crippen molar-refractivity contribution in [3.8, 4) is 0 Å². The number of fused-ring (bicyclic) bond motifs is 1. The van der Waals surface area contributed by atoms with Gasteiger partial charge in [-0.25, -0.2) is 4.79 Å². The number of carbonyl (C=O) groups is 2. The lowest BCUT2D eigenvalue weighted by molar-refractivity contribution is -0.129. The lowest BCUT2D eigenvalue weighted by Gasteiger charge is -2.12. The zero-order valence-corrected chi connectivity index (χ0v) is 13.9. The molecule has 0 saturated carbocycles. The number of carbonyl (C=O) groups excluding carboxylic acids is 2. The molecule has 1 amide bonds. The van der Waals surface area contributed by atoms with Crippen LogP contribution >= 0.6 is 0 Å². The Labute approximate surface area is 145 Å². The summed E-state index contributed by atoms with van der Waals surface area (Å²) in [6.45, 7) is 2.02. The molecule has 128 valence electrons. The highest BCUT2D eigenvalue weighted by Crippen LogP contribution is 2.19. The van der Waals surface area contributed by atoms with Gasteiger partial charge in [0, 0.05) is 11.9 Å². The van der Waals surface area contributed by atoms with E-state index in [1.54, 1.807) is 19.1 Å². The maximum atomic E-state index is 12.1. The molecule has 1 aromatic heterocycles. The Morgan fingerprint density at radius 1 is 1.08 bits per heavy atom. The van der Waals surface area contributed by atoms with Gasteiger partial charge < -0.3 is 14.5 Å². The smallest absolute Gasteiger partial charge is 0.375 e.